The van der Waals surface area contributed by atoms with Crippen LogP contribution in [0.25, 0.3) is 0 Å². The zero-order valence-corrected chi connectivity index (χ0v) is 16.6. The van der Waals surface area contributed by atoms with E-state index in [2.05, 4.69) is 9.89 Å². The summed E-state index contributed by atoms with van der Waals surface area (Å²) in [6, 6.07) is 15.3. The van der Waals surface area contributed by atoms with Gasteiger partial charge in [-0.2, -0.15) is 0 Å². The molecular formula is C21H24N4O4. The van der Waals surface area contributed by atoms with Crippen molar-refractivity contribution in [3.63, 3.8) is 0 Å². The highest BCUT2D eigenvalue weighted by molar-refractivity contribution is 6.09. The Hall–Kier alpha value is -3.55. The molecule has 1 amide bonds. The first kappa shape index (κ1) is 20.2. The topological polar surface area (TPSA) is 108 Å². The minimum absolute atomic E-state index is 0.166. The zero-order valence-electron chi connectivity index (χ0n) is 16.6. The number of anilines is 1. The number of ether oxygens (including phenoxy) is 1. The first-order valence-electron chi connectivity index (χ1n) is 9.14. The number of nitrogens with zero attached hydrogens (tertiary/aromatic N) is 3. The maximum absolute atomic E-state index is 13.2. The normalized spacial score (nSPS) is 20.2. The Kier molecular flexibility index (Phi) is 5.45. The first-order valence-corrected chi connectivity index (χ1v) is 9.14. The van der Waals surface area contributed by atoms with Crippen LogP contribution in [0, 0.1) is 0 Å². The number of nitrogens with two attached hydrogens (primary N) is 1. The van der Waals surface area contributed by atoms with Crippen molar-refractivity contribution < 1.29 is 19.4 Å². The lowest BCUT2D eigenvalue weighted by molar-refractivity contribution is -0.134. The molecule has 0 spiro atoms. The molecule has 0 aliphatic carbocycles. The van der Waals surface area contributed by atoms with Crippen LogP contribution in [-0.2, 0) is 15.1 Å². The van der Waals surface area contributed by atoms with E-state index < -0.39 is 11.5 Å². The number of amides is 1. The Balaban J connectivity index is 0.000000552. The molecule has 0 aromatic heterocycles. The summed E-state index contributed by atoms with van der Waals surface area (Å²) in [4.78, 5) is 30.3. The van der Waals surface area contributed by atoms with Crippen LogP contribution >= 0.6 is 0 Å². The highest BCUT2D eigenvalue weighted by Crippen LogP contribution is 2.42. The van der Waals surface area contributed by atoms with Gasteiger partial charge in [0.1, 0.15) is 12.4 Å². The van der Waals surface area contributed by atoms with Gasteiger partial charge in [-0.25, -0.2) is 4.99 Å². The predicted octanol–water partition coefficient (Wildman–Crippen LogP) is 1.64. The minimum Gasteiger partial charge on any atom is -0.490 e. The molecule has 2 aromatic rings. The van der Waals surface area contributed by atoms with Crippen LogP contribution in [-0.4, -0.2) is 55.1 Å². The van der Waals surface area contributed by atoms with Crippen LogP contribution in [0.2, 0.25) is 0 Å². The molecule has 2 aliphatic heterocycles. The summed E-state index contributed by atoms with van der Waals surface area (Å²) in [5, 5.41) is 7.42. The standard InChI is InChI=1S/C19H20N4O2.C2H4O2/c1-22-10-11-25-16-12-14(8-9-15(16)22)19(13-6-4-3-5-7-13)17(24)23(2)18(20)21-19;1-2(3)4/h3-9,12H,10-11H2,1-2H3,(H2,20,21);1H3,(H,3,4). The number of hydrogen-bond acceptors (Lipinski definition) is 6. The van der Waals surface area contributed by atoms with Crippen molar-refractivity contribution in [2.75, 3.05) is 32.1 Å². The van der Waals surface area contributed by atoms with E-state index in [1.54, 1.807) is 7.05 Å². The van der Waals surface area contributed by atoms with Gasteiger partial charge in [-0.05, 0) is 23.3 Å². The summed E-state index contributed by atoms with van der Waals surface area (Å²) < 4.78 is 5.82. The average molecular weight is 396 g/mol. The average Bonchev–Trinajstić information content (AvgIpc) is 2.93. The smallest absolute Gasteiger partial charge is 0.300 e. The van der Waals surface area contributed by atoms with Crippen molar-refractivity contribution >= 4 is 23.5 Å². The molecule has 0 bridgehead atoms. The first-order chi connectivity index (χ1) is 13.8. The molecule has 3 N–H and O–H groups in total. The van der Waals surface area contributed by atoms with Crippen molar-refractivity contribution in [3.8, 4) is 5.75 Å². The van der Waals surface area contributed by atoms with Gasteiger partial charge in [-0.15, -0.1) is 0 Å². The number of hydrogen-bond donors (Lipinski definition) is 2. The molecule has 0 saturated carbocycles. The van der Waals surface area contributed by atoms with E-state index in [1.165, 1.54) is 4.90 Å². The van der Waals surface area contributed by atoms with Gasteiger partial charge >= 0.3 is 0 Å². The number of guanidine groups is 1. The summed E-state index contributed by atoms with van der Waals surface area (Å²) in [6.45, 7) is 2.54. The molecule has 29 heavy (non-hydrogen) atoms. The summed E-state index contributed by atoms with van der Waals surface area (Å²) in [5.74, 6) is -0.0254. The van der Waals surface area contributed by atoms with Crippen molar-refractivity contribution in [1.29, 1.82) is 0 Å². The van der Waals surface area contributed by atoms with Crippen LogP contribution < -0.4 is 15.4 Å². The molecule has 0 saturated heterocycles. The van der Waals surface area contributed by atoms with Gasteiger partial charge in [0.05, 0.1) is 12.2 Å². The van der Waals surface area contributed by atoms with E-state index in [0.717, 1.165) is 36.0 Å². The van der Waals surface area contributed by atoms with E-state index in [-0.39, 0.29) is 11.9 Å². The molecule has 1 atom stereocenters. The maximum atomic E-state index is 13.2. The van der Waals surface area contributed by atoms with Gasteiger partial charge in [0.2, 0.25) is 0 Å². The van der Waals surface area contributed by atoms with E-state index in [0.29, 0.717) is 6.61 Å². The van der Waals surface area contributed by atoms with Gasteiger partial charge in [0.25, 0.3) is 11.9 Å². The summed E-state index contributed by atoms with van der Waals surface area (Å²) in [7, 11) is 3.67. The highest BCUT2D eigenvalue weighted by atomic mass is 16.5. The van der Waals surface area contributed by atoms with Crippen LogP contribution in [0.3, 0.4) is 0 Å². The lowest BCUT2D eigenvalue weighted by atomic mass is 9.82. The summed E-state index contributed by atoms with van der Waals surface area (Å²) >= 11 is 0. The van der Waals surface area contributed by atoms with Gasteiger partial charge in [0.15, 0.2) is 11.5 Å². The Bertz CT molecular complexity index is 956. The van der Waals surface area contributed by atoms with Gasteiger partial charge in [0, 0.05) is 21.0 Å². The number of fused-ring (bicyclic) bond motifs is 1. The molecule has 2 aliphatic rings. The third-order valence-corrected chi connectivity index (χ3v) is 4.90. The molecule has 2 heterocycles. The number of aliphatic imine (C=N–C) groups is 1. The number of carbonyl (C=O) groups excluding carboxylic acids is 1. The number of likely N-dealkylation sites (N-methyl/N-ethyl adjacent to an activating group) is 2. The van der Waals surface area contributed by atoms with Crippen LogP contribution in [0.15, 0.2) is 53.5 Å². The number of carbonyl (C=O) groups is 2. The monoisotopic (exact) mass is 396 g/mol. The Labute approximate surface area is 169 Å². The van der Waals surface area contributed by atoms with Crippen molar-refractivity contribution in [2.45, 2.75) is 12.5 Å². The fourth-order valence-electron chi connectivity index (χ4n) is 3.45. The van der Waals surface area contributed by atoms with Crippen LogP contribution in [0.5, 0.6) is 5.75 Å². The quantitative estimate of drug-likeness (QED) is 0.799. The predicted molar refractivity (Wildman–Crippen MR) is 110 cm³/mol. The highest BCUT2D eigenvalue weighted by Gasteiger charge is 2.49. The lowest BCUT2D eigenvalue weighted by Crippen LogP contribution is -2.41. The molecule has 0 fully saturated rings. The fourth-order valence-corrected chi connectivity index (χ4v) is 3.45. The molecule has 152 valence electrons. The molecule has 1 unspecified atom stereocenters. The van der Waals surface area contributed by atoms with Gasteiger partial charge < -0.3 is 20.5 Å². The maximum Gasteiger partial charge on any atom is 0.300 e. The van der Waals surface area contributed by atoms with E-state index >= 15 is 0 Å². The fraction of sp³-hybridized carbons (Fsp3) is 0.286. The van der Waals surface area contributed by atoms with Crippen LogP contribution in [0.1, 0.15) is 18.1 Å². The third-order valence-electron chi connectivity index (χ3n) is 4.90. The Morgan fingerprint density at radius 3 is 2.41 bits per heavy atom. The molecule has 4 rings (SSSR count). The minimum atomic E-state index is -1.17. The molecule has 8 heteroatoms. The number of carboxylic acids is 1. The van der Waals surface area contributed by atoms with E-state index in [1.807, 2.05) is 55.6 Å². The molecular weight excluding hydrogens is 372 g/mol. The lowest BCUT2D eigenvalue weighted by Gasteiger charge is -2.31. The summed E-state index contributed by atoms with van der Waals surface area (Å²) in [5.41, 5.74) is 7.37. The number of rotatable bonds is 2. The van der Waals surface area contributed by atoms with Gasteiger partial charge in [-0.3, -0.25) is 14.5 Å². The molecule has 8 nitrogen and oxygen atoms in total. The third kappa shape index (κ3) is 3.61. The zero-order chi connectivity index (χ0) is 21.2. The largest absolute Gasteiger partial charge is 0.490 e. The molecule has 0 radical (unpaired) electrons. The Morgan fingerprint density at radius 2 is 1.83 bits per heavy atom. The van der Waals surface area contributed by atoms with Crippen molar-refractivity contribution in [1.82, 2.24) is 4.90 Å². The molecule has 2 aromatic carbocycles. The number of aliphatic carboxylic acids is 1. The van der Waals surface area contributed by atoms with E-state index in [9.17, 15) is 4.79 Å². The van der Waals surface area contributed by atoms with Crippen LogP contribution in [0.4, 0.5) is 5.69 Å². The van der Waals surface area contributed by atoms with E-state index in [4.69, 9.17) is 20.4 Å². The second-order valence-electron chi connectivity index (χ2n) is 6.88. The second-order valence-corrected chi connectivity index (χ2v) is 6.88. The SMILES string of the molecule is CC(=O)O.CN1C(=O)C(c2ccccc2)(c2ccc3c(c2)OCCN3C)N=C1N. The van der Waals surface area contributed by atoms with Crippen molar-refractivity contribution in [2.24, 2.45) is 10.7 Å². The van der Waals surface area contributed by atoms with Gasteiger partial charge in [-0.1, -0.05) is 36.4 Å². The Morgan fingerprint density at radius 1 is 1.17 bits per heavy atom. The summed E-state index contributed by atoms with van der Waals surface area (Å²) in [6.07, 6.45) is 0. The number of benzene rings is 2. The van der Waals surface area contributed by atoms with Crippen molar-refractivity contribution in [3.05, 3.63) is 59.7 Å². The second kappa shape index (κ2) is 7.83. The number of carboxylic acid groups (broad SMARTS) is 1.